The number of sulfone groups is 1. The number of hydrogen-bond donors (Lipinski definition) is 0. The molecule has 100 valence electrons. The predicted molar refractivity (Wildman–Crippen MR) is 69.7 cm³/mol. The van der Waals surface area contributed by atoms with Crippen LogP contribution < -0.4 is 0 Å². The van der Waals surface area contributed by atoms with Crippen molar-refractivity contribution in [2.24, 2.45) is 0 Å². The van der Waals surface area contributed by atoms with Crippen LogP contribution in [0.15, 0.2) is 17.5 Å². The SMILES string of the molecule is O=C(OCCN1CCS(=O)(=O)CC1)c1cccs1. The third-order valence-electron chi connectivity index (χ3n) is 2.80. The van der Waals surface area contributed by atoms with E-state index < -0.39 is 9.84 Å². The van der Waals surface area contributed by atoms with Crippen molar-refractivity contribution in [1.29, 1.82) is 0 Å². The standard InChI is InChI=1S/C11H15NO4S2/c13-11(10-2-1-7-17-10)16-6-3-12-4-8-18(14,15)9-5-12/h1-2,7H,3-6,8-9H2. The Kier molecular flexibility index (Phi) is 4.36. The van der Waals surface area contributed by atoms with Crippen molar-refractivity contribution >= 4 is 27.1 Å². The average molecular weight is 289 g/mol. The first kappa shape index (κ1) is 13.5. The van der Waals surface area contributed by atoms with Crippen LogP contribution in [0.2, 0.25) is 0 Å². The molecule has 0 amide bonds. The average Bonchev–Trinajstić information content (AvgIpc) is 2.85. The molecule has 0 saturated carbocycles. The minimum Gasteiger partial charge on any atom is -0.460 e. The van der Waals surface area contributed by atoms with Crippen molar-refractivity contribution < 1.29 is 17.9 Å². The number of thiophene rings is 1. The van der Waals surface area contributed by atoms with E-state index in [2.05, 4.69) is 0 Å². The van der Waals surface area contributed by atoms with Gasteiger partial charge in [0.15, 0.2) is 9.84 Å². The van der Waals surface area contributed by atoms with Crippen LogP contribution in [0.3, 0.4) is 0 Å². The smallest absolute Gasteiger partial charge is 0.348 e. The monoisotopic (exact) mass is 289 g/mol. The van der Waals surface area contributed by atoms with Crippen molar-refractivity contribution in [3.63, 3.8) is 0 Å². The Hall–Kier alpha value is -0.920. The number of carbonyl (C=O) groups excluding carboxylic acids is 1. The highest BCUT2D eigenvalue weighted by Crippen LogP contribution is 2.10. The molecule has 2 rings (SSSR count). The molecule has 1 aliphatic heterocycles. The summed E-state index contributed by atoms with van der Waals surface area (Å²) in [5, 5.41) is 1.83. The van der Waals surface area contributed by atoms with Gasteiger partial charge in [0.25, 0.3) is 0 Å². The molecule has 1 saturated heterocycles. The largest absolute Gasteiger partial charge is 0.460 e. The summed E-state index contributed by atoms with van der Waals surface area (Å²) in [6.45, 7) is 1.95. The zero-order valence-electron chi connectivity index (χ0n) is 9.87. The van der Waals surface area contributed by atoms with Gasteiger partial charge in [-0.05, 0) is 11.4 Å². The molecule has 2 heterocycles. The summed E-state index contributed by atoms with van der Waals surface area (Å²) in [5.74, 6) is 0.0900. The van der Waals surface area contributed by atoms with Crippen molar-refractivity contribution in [2.75, 3.05) is 37.7 Å². The Labute approximate surface area is 110 Å². The summed E-state index contributed by atoms with van der Waals surface area (Å²) in [5.41, 5.74) is 0. The number of nitrogens with zero attached hydrogens (tertiary/aromatic N) is 1. The molecule has 1 aromatic rings. The zero-order chi connectivity index (χ0) is 13.0. The Morgan fingerprint density at radius 1 is 1.39 bits per heavy atom. The van der Waals surface area contributed by atoms with Gasteiger partial charge in [-0.2, -0.15) is 0 Å². The first-order chi connectivity index (χ1) is 8.57. The predicted octanol–water partition coefficient (Wildman–Crippen LogP) is 0.635. The van der Waals surface area contributed by atoms with Gasteiger partial charge in [0.1, 0.15) is 11.5 Å². The highest BCUT2D eigenvalue weighted by atomic mass is 32.2. The minimum absolute atomic E-state index is 0.200. The van der Waals surface area contributed by atoms with E-state index in [0.717, 1.165) is 0 Å². The van der Waals surface area contributed by atoms with Crippen LogP contribution in [-0.4, -0.2) is 57.0 Å². The fraction of sp³-hybridized carbons (Fsp3) is 0.545. The Bertz CT molecular complexity index is 481. The summed E-state index contributed by atoms with van der Waals surface area (Å²) >= 11 is 1.35. The second-order valence-electron chi connectivity index (χ2n) is 4.11. The van der Waals surface area contributed by atoms with Crippen LogP contribution in [-0.2, 0) is 14.6 Å². The highest BCUT2D eigenvalue weighted by molar-refractivity contribution is 7.91. The summed E-state index contributed by atoms with van der Waals surface area (Å²) in [6, 6.07) is 3.53. The maximum atomic E-state index is 11.5. The first-order valence-electron chi connectivity index (χ1n) is 5.70. The molecule has 1 aromatic heterocycles. The van der Waals surface area contributed by atoms with E-state index in [1.807, 2.05) is 10.3 Å². The Morgan fingerprint density at radius 2 is 2.11 bits per heavy atom. The van der Waals surface area contributed by atoms with Crippen LogP contribution >= 0.6 is 11.3 Å². The number of hydrogen-bond acceptors (Lipinski definition) is 6. The highest BCUT2D eigenvalue weighted by Gasteiger charge is 2.21. The first-order valence-corrected chi connectivity index (χ1v) is 8.40. The van der Waals surface area contributed by atoms with Crippen LogP contribution in [0.4, 0.5) is 0 Å². The molecule has 0 aromatic carbocycles. The normalized spacial score (nSPS) is 19.6. The summed E-state index contributed by atoms with van der Waals surface area (Å²) < 4.78 is 27.6. The van der Waals surface area contributed by atoms with Crippen molar-refractivity contribution in [2.45, 2.75) is 0 Å². The Balaban J connectivity index is 1.69. The number of ether oxygens (including phenoxy) is 1. The quantitative estimate of drug-likeness (QED) is 0.761. The van der Waals surface area contributed by atoms with Crippen molar-refractivity contribution in [3.8, 4) is 0 Å². The molecule has 1 aliphatic rings. The van der Waals surface area contributed by atoms with Gasteiger partial charge in [0, 0.05) is 19.6 Å². The zero-order valence-corrected chi connectivity index (χ0v) is 11.5. The molecular formula is C11H15NO4S2. The molecule has 0 bridgehead atoms. The van der Waals surface area contributed by atoms with E-state index in [4.69, 9.17) is 4.74 Å². The van der Waals surface area contributed by atoms with E-state index in [1.54, 1.807) is 12.1 Å². The van der Waals surface area contributed by atoms with Gasteiger partial charge in [0.2, 0.25) is 0 Å². The molecule has 0 radical (unpaired) electrons. The second kappa shape index (κ2) is 5.81. The lowest BCUT2D eigenvalue weighted by molar-refractivity contribution is 0.0471. The summed E-state index contributed by atoms with van der Waals surface area (Å²) in [7, 11) is -2.84. The maximum Gasteiger partial charge on any atom is 0.348 e. The van der Waals surface area contributed by atoms with Crippen LogP contribution in [0, 0.1) is 0 Å². The van der Waals surface area contributed by atoms with E-state index >= 15 is 0 Å². The molecule has 7 heteroatoms. The molecule has 1 fully saturated rings. The van der Waals surface area contributed by atoms with Gasteiger partial charge in [-0.15, -0.1) is 11.3 Å². The lowest BCUT2D eigenvalue weighted by Gasteiger charge is -2.25. The van der Waals surface area contributed by atoms with Gasteiger partial charge < -0.3 is 4.74 Å². The summed E-state index contributed by atoms with van der Waals surface area (Å²) in [6.07, 6.45) is 0. The van der Waals surface area contributed by atoms with Gasteiger partial charge >= 0.3 is 5.97 Å². The third-order valence-corrected chi connectivity index (χ3v) is 5.26. The molecule has 0 N–H and O–H groups in total. The van der Waals surface area contributed by atoms with E-state index in [9.17, 15) is 13.2 Å². The molecule has 0 unspecified atom stereocenters. The van der Waals surface area contributed by atoms with Crippen LogP contribution in [0.5, 0.6) is 0 Å². The van der Waals surface area contributed by atoms with E-state index in [-0.39, 0.29) is 17.5 Å². The third kappa shape index (κ3) is 3.79. The van der Waals surface area contributed by atoms with Gasteiger partial charge in [-0.3, -0.25) is 4.90 Å². The lowest BCUT2D eigenvalue weighted by Crippen LogP contribution is -2.41. The Morgan fingerprint density at radius 3 is 2.72 bits per heavy atom. The fourth-order valence-electron chi connectivity index (χ4n) is 1.71. The molecule has 5 nitrogen and oxygen atoms in total. The number of rotatable bonds is 4. The van der Waals surface area contributed by atoms with Gasteiger partial charge in [0.05, 0.1) is 11.5 Å². The molecule has 18 heavy (non-hydrogen) atoms. The van der Waals surface area contributed by atoms with Crippen LogP contribution in [0.25, 0.3) is 0 Å². The van der Waals surface area contributed by atoms with Crippen molar-refractivity contribution in [1.82, 2.24) is 4.90 Å². The van der Waals surface area contributed by atoms with Crippen molar-refractivity contribution in [3.05, 3.63) is 22.4 Å². The second-order valence-corrected chi connectivity index (χ2v) is 7.36. The topological polar surface area (TPSA) is 63.7 Å². The van der Waals surface area contributed by atoms with Crippen LogP contribution in [0.1, 0.15) is 9.67 Å². The van der Waals surface area contributed by atoms with E-state index in [1.165, 1.54) is 11.3 Å². The lowest BCUT2D eigenvalue weighted by atomic mass is 10.4. The van der Waals surface area contributed by atoms with Gasteiger partial charge in [-0.1, -0.05) is 6.07 Å². The fourth-order valence-corrected chi connectivity index (χ4v) is 3.60. The molecule has 0 aliphatic carbocycles. The molecular weight excluding hydrogens is 274 g/mol. The summed E-state index contributed by atoms with van der Waals surface area (Å²) in [4.78, 5) is 14.1. The molecule has 0 atom stereocenters. The van der Waals surface area contributed by atoms with Gasteiger partial charge in [-0.25, -0.2) is 13.2 Å². The minimum atomic E-state index is -2.84. The molecule has 0 spiro atoms. The van der Waals surface area contributed by atoms with E-state index in [0.29, 0.717) is 31.1 Å². The number of esters is 1. The number of carbonyl (C=O) groups is 1. The maximum absolute atomic E-state index is 11.5.